The van der Waals surface area contributed by atoms with Crippen molar-refractivity contribution in [2.24, 2.45) is 5.41 Å². The molecular formula is C21H32BN2O2. The second kappa shape index (κ2) is 7.10. The summed E-state index contributed by atoms with van der Waals surface area (Å²) in [5, 5.41) is 10.2. The molecule has 2 aliphatic rings. The summed E-state index contributed by atoms with van der Waals surface area (Å²) in [6.07, 6.45) is 9.13. The third kappa shape index (κ3) is 4.21. The van der Waals surface area contributed by atoms with Crippen LogP contribution < -0.4 is 5.46 Å². The van der Waals surface area contributed by atoms with Gasteiger partial charge in [-0.2, -0.15) is 0 Å². The van der Waals surface area contributed by atoms with Gasteiger partial charge in [0.15, 0.2) is 0 Å². The largest absolute Gasteiger partial charge is 0.427 e. The van der Waals surface area contributed by atoms with E-state index in [1.165, 1.54) is 37.9 Å². The first-order valence-electron chi connectivity index (χ1n) is 9.68. The summed E-state index contributed by atoms with van der Waals surface area (Å²) in [7, 11) is 3.92. The van der Waals surface area contributed by atoms with Gasteiger partial charge in [0, 0.05) is 12.7 Å². The van der Waals surface area contributed by atoms with Crippen molar-refractivity contribution >= 4 is 18.5 Å². The molecule has 0 bridgehead atoms. The molecule has 26 heavy (non-hydrogen) atoms. The lowest BCUT2D eigenvalue weighted by Gasteiger charge is -2.37. The summed E-state index contributed by atoms with van der Waals surface area (Å²) < 4.78 is 5.80. The lowest BCUT2D eigenvalue weighted by Crippen LogP contribution is -2.49. The molecule has 3 rings (SSSR count). The van der Waals surface area contributed by atoms with Gasteiger partial charge in [-0.05, 0) is 89.5 Å². The van der Waals surface area contributed by atoms with E-state index in [0.29, 0.717) is 5.41 Å². The highest BCUT2D eigenvalue weighted by Gasteiger charge is 2.38. The van der Waals surface area contributed by atoms with E-state index in [2.05, 4.69) is 29.1 Å². The van der Waals surface area contributed by atoms with E-state index in [1.807, 2.05) is 26.1 Å². The van der Waals surface area contributed by atoms with Crippen molar-refractivity contribution in [3.63, 3.8) is 0 Å². The summed E-state index contributed by atoms with van der Waals surface area (Å²) in [6.45, 7) is 9.74. The lowest BCUT2D eigenvalue weighted by atomic mass is 9.74. The van der Waals surface area contributed by atoms with Crippen molar-refractivity contribution in [2.45, 2.75) is 64.6 Å². The quantitative estimate of drug-likeness (QED) is 0.825. The highest BCUT2D eigenvalue weighted by Crippen LogP contribution is 2.44. The molecule has 141 valence electrons. The zero-order chi connectivity index (χ0) is 19.0. The molecule has 1 radical (unpaired) electrons. The van der Waals surface area contributed by atoms with Crippen molar-refractivity contribution in [3.8, 4) is 0 Å². The van der Waals surface area contributed by atoms with E-state index < -0.39 is 11.2 Å². The summed E-state index contributed by atoms with van der Waals surface area (Å²) in [5.74, 6) is 0. The van der Waals surface area contributed by atoms with Crippen molar-refractivity contribution in [1.82, 2.24) is 9.88 Å². The molecule has 4 nitrogen and oxygen atoms in total. The monoisotopic (exact) mass is 355 g/mol. The average Bonchev–Trinajstić information content (AvgIpc) is 2.94. The molecule has 2 heterocycles. The smallest absolute Gasteiger partial charge is 0.332 e. The van der Waals surface area contributed by atoms with Crippen LogP contribution in [0.1, 0.15) is 59.1 Å². The van der Waals surface area contributed by atoms with Crippen LogP contribution >= 0.6 is 0 Å². The van der Waals surface area contributed by atoms with E-state index in [4.69, 9.17) is 4.65 Å². The number of likely N-dealkylation sites (tertiary alicyclic amines) is 1. The second-order valence-electron chi connectivity index (χ2n) is 9.20. The molecule has 1 aromatic rings. The Hall–Kier alpha value is -1.17. The molecule has 5 heteroatoms. The number of aromatic nitrogens is 1. The number of hydrogen-bond donors (Lipinski definition) is 1. The summed E-state index contributed by atoms with van der Waals surface area (Å²) in [6, 6.07) is 4.12. The Labute approximate surface area is 158 Å². The third-order valence-corrected chi connectivity index (χ3v) is 6.41. The second-order valence-corrected chi connectivity index (χ2v) is 9.20. The number of nitrogens with zero attached hydrogens (tertiary/aromatic N) is 2. The molecule has 1 saturated heterocycles. The predicted molar refractivity (Wildman–Crippen MR) is 107 cm³/mol. The van der Waals surface area contributed by atoms with Gasteiger partial charge in [-0.15, -0.1) is 0 Å². The fourth-order valence-corrected chi connectivity index (χ4v) is 3.73. The van der Waals surface area contributed by atoms with Gasteiger partial charge in [0.1, 0.15) is 0 Å². The van der Waals surface area contributed by atoms with Gasteiger partial charge in [0.25, 0.3) is 0 Å². The van der Waals surface area contributed by atoms with Crippen molar-refractivity contribution in [3.05, 3.63) is 30.1 Å². The Morgan fingerprint density at radius 3 is 2.50 bits per heavy atom. The maximum absolute atomic E-state index is 10.2. The van der Waals surface area contributed by atoms with Crippen LogP contribution in [0.3, 0.4) is 0 Å². The van der Waals surface area contributed by atoms with Gasteiger partial charge in [0.05, 0.1) is 16.9 Å². The van der Waals surface area contributed by atoms with Crippen LogP contribution in [0.5, 0.6) is 0 Å². The minimum Gasteiger partial charge on any atom is -0.427 e. The molecule has 1 aliphatic heterocycles. The zero-order valence-electron chi connectivity index (χ0n) is 16.9. The number of allylic oxidation sites excluding steroid dienone is 2. The Kier molecular flexibility index (Phi) is 5.35. The topological polar surface area (TPSA) is 45.6 Å². The Balaban J connectivity index is 1.60. The number of rotatable bonds is 5. The maximum atomic E-state index is 10.2. The van der Waals surface area contributed by atoms with E-state index in [0.717, 1.165) is 17.6 Å². The van der Waals surface area contributed by atoms with Crippen LogP contribution in [-0.2, 0) is 4.65 Å². The first-order chi connectivity index (χ1) is 12.1. The molecular weight excluding hydrogens is 323 g/mol. The summed E-state index contributed by atoms with van der Waals surface area (Å²) >= 11 is 0. The van der Waals surface area contributed by atoms with Crippen molar-refractivity contribution < 1.29 is 9.76 Å². The van der Waals surface area contributed by atoms with Gasteiger partial charge in [-0.3, -0.25) is 4.98 Å². The van der Waals surface area contributed by atoms with Crippen molar-refractivity contribution in [1.29, 1.82) is 0 Å². The van der Waals surface area contributed by atoms with Crippen LogP contribution in [0.2, 0.25) is 0 Å². The third-order valence-electron chi connectivity index (χ3n) is 6.41. The first-order valence-corrected chi connectivity index (χ1v) is 9.68. The molecule has 1 unspecified atom stereocenters. The van der Waals surface area contributed by atoms with E-state index in [9.17, 15) is 5.11 Å². The van der Waals surface area contributed by atoms with Gasteiger partial charge in [-0.1, -0.05) is 12.1 Å². The first kappa shape index (κ1) is 19.6. The number of aliphatic hydroxyl groups is 1. The Morgan fingerprint density at radius 2 is 2.00 bits per heavy atom. The molecule has 1 N–H and O–H groups in total. The zero-order valence-corrected chi connectivity index (χ0v) is 16.9. The van der Waals surface area contributed by atoms with Crippen LogP contribution in [0, 0.1) is 5.41 Å². The Bertz CT molecular complexity index is 664. The average molecular weight is 355 g/mol. The molecule has 0 saturated carbocycles. The summed E-state index contributed by atoms with van der Waals surface area (Å²) in [4.78, 5) is 7.10. The van der Waals surface area contributed by atoms with Crippen LogP contribution in [0.25, 0.3) is 5.57 Å². The fraction of sp³-hybridized carbons (Fsp3) is 0.667. The Morgan fingerprint density at radius 1 is 1.23 bits per heavy atom. The van der Waals surface area contributed by atoms with E-state index in [1.54, 1.807) is 21.3 Å². The predicted octanol–water partition coefficient (Wildman–Crippen LogP) is 2.78. The van der Waals surface area contributed by atoms with Crippen LogP contribution in [0.4, 0.5) is 0 Å². The molecule has 1 aliphatic carbocycles. The van der Waals surface area contributed by atoms with Gasteiger partial charge < -0.3 is 14.7 Å². The van der Waals surface area contributed by atoms with Crippen LogP contribution in [-0.4, -0.2) is 53.8 Å². The van der Waals surface area contributed by atoms with Gasteiger partial charge in [-0.25, -0.2) is 0 Å². The standard InChI is InChI=1S/C21H32BN2O2/c1-19(2,25)20(3,4)26-22-17-6-7-18(23-14-17)16-8-10-21(11-9-16)12-13-24(5)15-21/h6-8,14,25H,9-13,15H2,1-5H3. The molecule has 0 aromatic carbocycles. The van der Waals surface area contributed by atoms with E-state index in [-0.39, 0.29) is 0 Å². The molecule has 0 amide bonds. The highest BCUT2D eigenvalue weighted by atomic mass is 16.5. The fourth-order valence-electron chi connectivity index (χ4n) is 3.73. The number of pyridine rings is 1. The van der Waals surface area contributed by atoms with Crippen LogP contribution in [0.15, 0.2) is 24.4 Å². The lowest BCUT2D eigenvalue weighted by molar-refractivity contribution is -0.0893. The molecule has 1 aromatic heterocycles. The maximum Gasteiger partial charge on any atom is 0.332 e. The summed E-state index contributed by atoms with van der Waals surface area (Å²) in [5.41, 5.74) is 2.27. The van der Waals surface area contributed by atoms with Gasteiger partial charge >= 0.3 is 7.48 Å². The number of hydrogen-bond acceptors (Lipinski definition) is 4. The molecule has 1 fully saturated rings. The van der Waals surface area contributed by atoms with E-state index >= 15 is 0 Å². The van der Waals surface area contributed by atoms with Crippen molar-refractivity contribution in [2.75, 3.05) is 20.1 Å². The molecule has 1 spiro atoms. The highest BCUT2D eigenvalue weighted by molar-refractivity contribution is 6.46. The molecule has 1 atom stereocenters. The minimum absolute atomic E-state index is 0.502. The normalized spacial score (nSPS) is 24.8. The SMILES string of the molecule is CN1CCC2(CC=C(c3ccc([B]OC(C)(C)C(C)(C)O)cn3)CC2)C1. The van der Waals surface area contributed by atoms with Gasteiger partial charge in [0.2, 0.25) is 0 Å². The minimum atomic E-state index is -0.923.